The molecule has 0 aliphatic heterocycles. The van der Waals surface area contributed by atoms with Gasteiger partial charge >= 0.3 is 5.97 Å². The molecule has 0 saturated carbocycles. The van der Waals surface area contributed by atoms with Gasteiger partial charge in [0.1, 0.15) is 15.9 Å². The Bertz CT molecular complexity index is 608. The molecule has 1 atom stereocenters. The zero-order valence-corrected chi connectivity index (χ0v) is 12.3. The molecule has 1 aromatic carbocycles. The topological polar surface area (TPSA) is 121 Å². The van der Waals surface area contributed by atoms with Crippen molar-refractivity contribution in [2.24, 2.45) is 0 Å². The van der Waals surface area contributed by atoms with Crippen molar-refractivity contribution < 1.29 is 28.2 Å². The largest absolute Gasteiger partial charge is 0.480 e. The Morgan fingerprint density at radius 3 is 2.24 bits per heavy atom. The highest BCUT2D eigenvalue weighted by Crippen LogP contribution is 2.06. The maximum Gasteiger partial charge on any atom is 0.326 e. The average molecular weight is 315 g/mol. The summed E-state index contributed by atoms with van der Waals surface area (Å²) in [6.45, 7) is -0.159. The van der Waals surface area contributed by atoms with Gasteiger partial charge in [0.2, 0.25) is 0 Å². The van der Waals surface area contributed by atoms with E-state index >= 15 is 0 Å². The van der Waals surface area contributed by atoms with Crippen LogP contribution in [0.1, 0.15) is 22.3 Å². The van der Waals surface area contributed by atoms with E-state index in [0.717, 1.165) is 6.26 Å². The predicted molar refractivity (Wildman–Crippen MR) is 75.6 cm³/mol. The molecule has 3 N–H and O–H groups in total. The van der Waals surface area contributed by atoms with Crippen LogP contribution in [0.5, 0.6) is 0 Å². The molecule has 116 valence electrons. The van der Waals surface area contributed by atoms with Crippen molar-refractivity contribution in [3.05, 3.63) is 35.4 Å². The summed E-state index contributed by atoms with van der Waals surface area (Å²) in [6.07, 6.45) is 0.802. The second-order valence-corrected chi connectivity index (χ2v) is 6.90. The minimum Gasteiger partial charge on any atom is -0.480 e. The molecule has 0 fully saturated rings. The zero-order chi connectivity index (χ0) is 16.0. The van der Waals surface area contributed by atoms with E-state index < -0.39 is 27.8 Å². The second kappa shape index (κ2) is 7.19. The number of amides is 1. The van der Waals surface area contributed by atoms with Gasteiger partial charge in [-0.05, 0) is 24.1 Å². The van der Waals surface area contributed by atoms with Crippen LogP contribution in [0.3, 0.4) is 0 Å². The van der Waals surface area contributed by atoms with Crippen LogP contribution in [-0.2, 0) is 21.2 Å². The van der Waals surface area contributed by atoms with Crippen molar-refractivity contribution in [1.82, 2.24) is 5.32 Å². The molecule has 0 bridgehead atoms. The smallest absolute Gasteiger partial charge is 0.326 e. The number of carboxylic acid groups (broad SMARTS) is 1. The fourth-order valence-electron chi connectivity index (χ4n) is 1.59. The van der Waals surface area contributed by atoms with Crippen LogP contribution in [0.2, 0.25) is 0 Å². The molecular weight excluding hydrogens is 298 g/mol. The number of benzene rings is 1. The van der Waals surface area contributed by atoms with E-state index in [1.165, 1.54) is 12.1 Å². The number of aliphatic hydroxyl groups excluding tert-OH is 1. The number of carbonyl (C=O) groups excluding carboxylic acids is 1. The van der Waals surface area contributed by atoms with Crippen molar-refractivity contribution in [1.29, 1.82) is 0 Å². The Morgan fingerprint density at radius 1 is 1.24 bits per heavy atom. The Kier molecular flexibility index (Phi) is 5.86. The quantitative estimate of drug-likeness (QED) is 0.640. The van der Waals surface area contributed by atoms with Gasteiger partial charge in [-0.15, -0.1) is 0 Å². The fraction of sp³-hybridized carbons (Fsp3) is 0.385. The van der Waals surface area contributed by atoms with E-state index in [0.29, 0.717) is 5.56 Å². The van der Waals surface area contributed by atoms with E-state index in [1.807, 2.05) is 0 Å². The third kappa shape index (κ3) is 5.92. The Morgan fingerprint density at radius 2 is 1.81 bits per heavy atom. The summed E-state index contributed by atoms with van der Waals surface area (Å²) < 4.78 is 22.1. The molecule has 0 spiro atoms. The summed E-state index contributed by atoms with van der Waals surface area (Å²) in [5.41, 5.74) is 0.858. The predicted octanol–water partition coefficient (Wildman–Crippen LogP) is -0.203. The zero-order valence-electron chi connectivity index (χ0n) is 11.4. The fourth-order valence-corrected chi connectivity index (χ4v) is 2.26. The molecule has 0 aromatic heterocycles. The second-order valence-electron chi connectivity index (χ2n) is 4.64. The lowest BCUT2D eigenvalue weighted by Crippen LogP contribution is -2.41. The lowest BCUT2D eigenvalue weighted by molar-refractivity contribution is -0.139. The van der Waals surface area contributed by atoms with Gasteiger partial charge < -0.3 is 15.5 Å². The SMILES string of the molecule is CS(=O)(=O)CCC(NC(=O)c1ccc(CO)cc1)C(=O)O. The van der Waals surface area contributed by atoms with Crippen LogP contribution in [0.25, 0.3) is 0 Å². The first-order chi connectivity index (χ1) is 9.73. The van der Waals surface area contributed by atoms with Gasteiger partial charge in [0.15, 0.2) is 0 Å². The molecule has 1 unspecified atom stereocenters. The molecular formula is C13H17NO6S. The van der Waals surface area contributed by atoms with E-state index in [1.54, 1.807) is 12.1 Å². The first-order valence-corrected chi connectivity index (χ1v) is 8.20. The summed E-state index contributed by atoms with van der Waals surface area (Å²) in [7, 11) is -3.30. The van der Waals surface area contributed by atoms with Crippen molar-refractivity contribution in [3.8, 4) is 0 Å². The van der Waals surface area contributed by atoms with Gasteiger partial charge in [-0.25, -0.2) is 13.2 Å². The van der Waals surface area contributed by atoms with Crippen LogP contribution in [-0.4, -0.2) is 48.6 Å². The molecule has 0 radical (unpaired) electrons. The van der Waals surface area contributed by atoms with Crippen LogP contribution in [0, 0.1) is 0 Å². The third-order valence-corrected chi connectivity index (χ3v) is 3.76. The van der Waals surface area contributed by atoms with Crippen molar-refractivity contribution in [2.45, 2.75) is 19.1 Å². The number of carbonyl (C=O) groups is 2. The molecule has 0 aliphatic rings. The number of aliphatic carboxylic acids is 1. The van der Waals surface area contributed by atoms with Crippen LogP contribution in [0.4, 0.5) is 0 Å². The summed E-state index contributed by atoms with van der Waals surface area (Å²) in [4.78, 5) is 22.9. The lowest BCUT2D eigenvalue weighted by Gasteiger charge is -2.14. The molecule has 0 aliphatic carbocycles. The number of hydrogen-bond acceptors (Lipinski definition) is 5. The number of rotatable bonds is 7. The molecule has 0 saturated heterocycles. The van der Waals surface area contributed by atoms with Gasteiger partial charge in [-0.3, -0.25) is 4.79 Å². The van der Waals surface area contributed by atoms with Gasteiger partial charge in [0.25, 0.3) is 5.91 Å². The minimum absolute atomic E-state index is 0.159. The first-order valence-electron chi connectivity index (χ1n) is 6.14. The molecule has 0 heterocycles. The van der Waals surface area contributed by atoms with Crippen LogP contribution >= 0.6 is 0 Å². The average Bonchev–Trinajstić information content (AvgIpc) is 2.42. The highest BCUT2D eigenvalue weighted by molar-refractivity contribution is 7.90. The Hall–Kier alpha value is -1.93. The van der Waals surface area contributed by atoms with Crippen molar-refractivity contribution in [3.63, 3.8) is 0 Å². The van der Waals surface area contributed by atoms with Gasteiger partial charge in [-0.2, -0.15) is 0 Å². The highest BCUT2D eigenvalue weighted by Gasteiger charge is 2.22. The maximum absolute atomic E-state index is 11.9. The number of hydrogen-bond donors (Lipinski definition) is 3. The summed E-state index contributed by atoms with van der Waals surface area (Å²) in [5.74, 6) is -2.23. The molecule has 1 aromatic rings. The van der Waals surface area contributed by atoms with Crippen molar-refractivity contribution >= 4 is 21.7 Å². The monoisotopic (exact) mass is 315 g/mol. The first kappa shape index (κ1) is 17.1. The number of aliphatic hydroxyl groups is 1. The molecule has 8 heteroatoms. The summed E-state index contributed by atoms with van der Waals surface area (Å²) in [6, 6.07) is 4.72. The van der Waals surface area contributed by atoms with E-state index in [9.17, 15) is 18.0 Å². The maximum atomic E-state index is 11.9. The van der Waals surface area contributed by atoms with Crippen LogP contribution < -0.4 is 5.32 Å². The number of nitrogens with one attached hydrogen (secondary N) is 1. The number of sulfone groups is 1. The molecule has 7 nitrogen and oxygen atoms in total. The van der Waals surface area contributed by atoms with E-state index in [-0.39, 0.29) is 24.3 Å². The third-order valence-electron chi connectivity index (χ3n) is 2.78. The lowest BCUT2D eigenvalue weighted by atomic mass is 10.1. The summed E-state index contributed by atoms with van der Waals surface area (Å²) >= 11 is 0. The standard InChI is InChI=1S/C13H17NO6S/c1-21(19,20)7-6-11(13(17)18)14-12(16)10-4-2-9(8-15)3-5-10/h2-5,11,15H,6-8H2,1H3,(H,14,16)(H,17,18). The number of carboxylic acids is 1. The van der Waals surface area contributed by atoms with E-state index in [2.05, 4.69) is 5.32 Å². The van der Waals surface area contributed by atoms with Crippen molar-refractivity contribution in [2.75, 3.05) is 12.0 Å². The van der Waals surface area contributed by atoms with Gasteiger partial charge in [0.05, 0.1) is 12.4 Å². The van der Waals surface area contributed by atoms with Crippen LogP contribution in [0.15, 0.2) is 24.3 Å². The minimum atomic E-state index is -3.30. The van der Waals surface area contributed by atoms with Gasteiger partial charge in [-0.1, -0.05) is 12.1 Å². The highest BCUT2D eigenvalue weighted by atomic mass is 32.2. The Balaban J connectivity index is 2.73. The molecule has 1 amide bonds. The van der Waals surface area contributed by atoms with E-state index in [4.69, 9.17) is 10.2 Å². The Labute approximate surface area is 122 Å². The molecule has 21 heavy (non-hydrogen) atoms. The summed E-state index contributed by atoms with van der Waals surface area (Å²) in [5, 5.41) is 20.2. The normalized spacial score (nSPS) is 12.7. The van der Waals surface area contributed by atoms with Gasteiger partial charge in [0, 0.05) is 11.8 Å². The molecule has 1 rings (SSSR count).